The van der Waals surface area contributed by atoms with Crippen LogP contribution in [0.1, 0.15) is 67.3 Å². The fourth-order valence-corrected chi connectivity index (χ4v) is 3.16. The summed E-state index contributed by atoms with van der Waals surface area (Å²) in [7, 11) is 0. The summed E-state index contributed by atoms with van der Waals surface area (Å²) in [6.07, 6.45) is 3.32. The lowest BCUT2D eigenvalue weighted by Crippen LogP contribution is -2.04. The Kier molecular flexibility index (Phi) is 6.30. The van der Waals surface area contributed by atoms with Gasteiger partial charge in [0.1, 0.15) is 5.75 Å². The van der Waals surface area contributed by atoms with E-state index in [0.717, 1.165) is 18.5 Å². The average Bonchev–Trinajstić information content (AvgIpc) is 2.52. The molecule has 0 heterocycles. The average molecular weight is 325 g/mol. The Labute approximate surface area is 146 Å². The Hall–Kier alpha value is -1.96. The van der Waals surface area contributed by atoms with E-state index in [1.807, 2.05) is 12.1 Å². The minimum Gasteiger partial charge on any atom is -0.508 e. The van der Waals surface area contributed by atoms with Crippen LogP contribution in [0.5, 0.6) is 5.75 Å². The van der Waals surface area contributed by atoms with E-state index in [9.17, 15) is 5.11 Å². The van der Waals surface area contributed by atoms with E-state index in [4.69, 9.17) is 0 Å². The van der Waals surface area contributed by atoms with Gasteiger partial charge in [0.15, 0.2) is 0 Å². The summed E-state index contributed by atoms with van der Waals surface area (Å²) < 4.78 is 0. The Morgan fingerprint density at radius 1 is 1.04 bits per heavy atom. The Morgan fingerprint density at radius 2 is 1.71 bits per heavy atom. The number of aryl methyl sites for hydroxylation is 2. The topological polar surface area (TPSA) is 32.3 Å². The number of hydrogen-bond donors (Lipinski definition) is 2. The van der Waals surface area contributed by atoms with E-state index in [1.54, 1.807) is 0 Å². The fraction of sp³-hybridized carbons (Fsp3) is 0.455. The van der Waals surface area contributed by atoms with Crippen LogP contribution in [0, 0.1) is 13.8 Å². The van der Waals surface area contributed by atoms with Gasteiger partial charge in [-0.05, 0) is 78.6 Å². The number of aromatic hydroxyl groups is 1. The van der Waals surface area contributed by atoms with Crippen molar-refractivity contribution < 1.29 is 5.11 Å². The number of phenolic OH excluding ortho intramolecular Hbond substituents is 1. The summed E-state index contributed by atoms with van der Waals surface area (Å²) in [6, 6.07) is 10.5. The SMILES string of the molecule is CCCCNc1cc(C)c(Cc2ccc(O)c(C(C)C)c2)c(C)c1. The lowest BCUT2D eigenvalue weighted by Gasteiger charge is -2.16. The van der Waals surface area contributed by atoms with E-state index in [1.165, 1.54) is 40.8 Å². The molecule has 24 heavy (non-hydrogen) atoms. The lowest BCUT2D eigenvalue weighted by molar-refractivity contribution is 0.464. The number of hydrogen-bond acceptors (Lipinski definition) is 2. The van der Waals surface area contributed by atoms with Crippen molar-refractivity contribution in [2.24, 2.45) is 0 Å². The molecule has 0 fully saturated rings. The van der Waals surface area contributed by atoms with Gasteiger partial charge in [-0.25, -0.2) is 0 Å². The van der Waals surface area contributed by atoms with Crippen LogP contribution in [-0.2, 0) is 6.42 Å². The second-order valence-electron chi connectivity index (χ2n) is 7.09. The smallest absolute Gasteiger partial charge is 0.119 e. The van der Waals surface area contributed by atoms with Gasteiger partial charge < -0.3 is 10.4 Å². The molecule has 130 valence electrons. The van der Waals surface area contributed by atoms with Crippen molar-refractivity contribution in [1.29, 1.82) is 0 Å². The molecule has 0 radical (unpaired) electrons. The number of rotatable bonds is 7. The summed E-state index contributed by atoms with van der Waals surface area (Å²) >= 11 is 0. The molecule has 0 saturated heterocycles. The summed E-state index contributed by atoms with van der Waals surface area (Å²) in [5.74, 6) is 0.731. The molecule has 0 atom stereocenters. The highest BCUT2D eigenvalue weighted by atomic mass is 16.3. The number of unbranched alkanes of at least 4 members (excludes halogenated alkanes) is 1. The molecule has 2 rings (SSSR count). The van der Waals surface area contributed by atoms with Crippen LogP contribution in [0.3, 0.4) is 0 Å². The van der Waals surface area contributed by atoms with Crippen LogP contribution in [0.15, 0.2) is 30.3 Å². The molecule has 0 spiro atoms. The molecule has 0 bridgehead atoms. The highest BCUT2D eigenvalue weighted by molar-refractivity contribution is 5.53. The van der Waals surface area contributed by atoms with Crippen molar-refractivity contribution in [1.82, 2.24) is 0 Å². The normalized spacial score (nSPS) is 11.1. The summed E-state index contributed by atoms with van der Waals surface area (Å²) in [5.41, 5.74) is 7.55. The zero-order chi connectivity index (χ0) is 17.7. The Bertz CT molecular complexity index is 665. The number of benzene rings is 2. The largest absolute Gasteiger partial charge is 0.508 e. The molecule has 2 heteroatoms. The quantitative estimate of drug-likeness (QED) is 0.618. The van der Waals surface area contributed by atoms with Gasteiger partial charge in [-0.3, -0.25) is 0 Å². The minimum atomic E-state index is 0.331. The lowest BCUT2D eigenvalue weighted by atomic mass is 9.92. The van der Waals surface area contributed by atoms with Gasteiger partial charge in [-0.1, -0.05) is 39.3 Å². The molecule has 2 aromatic carbocycles. The van der Waals surface area contributed by atoms with Crippen LogP contribution in [-0.4, -0.2) is 11.7 Å². The van der Waals surface area contributed by atoms with Crippen molar-refractivity contribution in [3.8, 4) is 5.75 Å². The van der Waals surface area contributed by atoms with Crippen LogP contribution in [0.4, 0.5) is 5.69 Å². The van der Waals surface area contributed by atoms with Crippen molar-refractivity contribution in [2.75, 3.05) is 11.9 Å². The first-order chi connectivity index (χ1) is 11.4. The van der Waals surface area contributed by atoms with E-state index < -0.39 is 0 Å². The minimum absolute atomic E-state index is 0.331. The summed E-state index contributed by atoms with van der Waals surface area (Å²) in [4.78, 5) is 0. The van der Waals surface area contributed by atoms with E-state index in [2.05, 4.69) is 58.1 Å². The van der Waals surface area contributed by atoms with Crippen molar-refractivity contribution in [3.05, 3.63) is 58.1 Å². The molecule has 0 aliphatic heterocycles. The van der Waals surface area contributed by atoms with Crippen molar-refractivity contribution in [3.63, 3.8) is 0 Å². The van der Waals surface area contributed by atoms with Crippen molar-refractivity contribution in [2.45, 2.75) is 59.8 Å². The predicted molar refractivity (Wildman–Crippen MR) is 104 cm³/mol. The molecule has 0 amide bonds. The highest BCUT2D eigenvalue weighted by Crippen LogP contribution is 2.29. The molecule has 0 aliphatic carbocycles. The standard InChI is InChI=1S/C22H31NO/c1-6-7-10-23-19-11-16(4)21(17(5)12-19)14-18-8-9-22(24)20(13-18)15(2)3/h8-9,11-13,15,23-24H,6-7,10,14H2,1-5H3. The number of phenols is 1. The second kappa shape index (κ2) is 8.23. The molecule has 2 aromatic rings. The monoisotopic (exact) mass is 325 g/mol. The second-order valence-corrected chi connectivity index (χ2v) is 7.09. The van der Waals surface area contributed by atoms with Gasteiger partial charge in [0.2, 0.25) is 0 Å². The van der Waals surface area contributed by atoms with E-state index in [0.29, 0.717) is 11.7 Å². The Balaban J connectivity index is 2.22. The number of anilines is 1. The Morgan fingerprint density at radius 3 is 2.29 bits per heavy atom. The first-order valence-electron chi connectivity index (χ1n) is 9.08. The maximum Gasteiger partial charge on any atom is 0.119 e. The zero-order valence-electron chi connectivity index (χ0n) is 15.7. The maximum absolute atomic E-state index is 10.0. The first kappa shape index (κ1) is 18.4. The predicted octanol–water partition coefficient (Wildman–Crippen LogP) is 5.94. The van der Waals surface area contributed by atoms with E-state index >= 15 is 0 Å². The molecule has 0 aromatic heterocycles. The molecule has 2 nitrogen and oxygen atoms in total. The van der Waals surface area contributed by atoms with Gasteiger partial charge in [0.25, 0.3) is 0 Å². The molecule has 0 saturated carbocycles. The maximum atomic E-state index is 10.0. The van der Waals surface area contributed by atoms with Gasteiger partial charge in [-0.2, -0.15) is 0 Å². The van der Waals surface area contributed by atoms with Gasteiger partial charge in [-0.15, -0.1) is 0 Å². The first-order valence-corrected chi connectivity index (χ1v) is 9.08. The van der Waals surface area contributed by atoms with Gasteiger partial charge >= 0.3 is 0 Å². The number of nitrogens with one attached hydrogen (secondary N) is 1. The molecular formula is C22H31NO. The molecular weight excluding hydrogens is 294 g/mol. The third-order valence-corrected chi connectivity index (χ3v) is 4.65. The molecule has 0 aliphatic rings. The highest BCUT2D eigenvalue weighted by Gasteiger charge is 2.10. The van der Waals surface area contributed by atoms with Crippen LogP contribution in [0.2, 0.25) is 0 Å². The molecule has 2 N–H and O–H groups in total. The fourth-order valence-electron chi connectivity index (χ4n) is 3.16. The zero-order valence-corrected chi connectivity index (χ0v) is 15.7. The van der Waals surface area contributed by atoms with Gasteiger partial charge in [0, 0.05) is 12.2 Å². The van der Waals surface area contributed by atoms with Crippen LogP contribution >= 0.6 is 0 Å². The molecule has 0 unspecified atom stereocenters. The van der Waals surface area contributed by atoms with Crippen molar-refractivity contribution >= 4 is 5.69 Å². The summed E-state index contributed by atoms with van der Waals surface area (Å²) in [6.45, 7) is 11.9. The van der Waals surface area contributed by atoms with E-state index in [-0.39, 0.29) is 0 Å². The van der Waals surface area contributed by atoms with Crippen LogP contribution in [0.25, 0.3) is 0 Å². The van der Waals surface area contributed by atoms with Gasteiger partial charge in [0.05, 0.1) is 0 Å². The third-order valence-electron chi connectivity index (χ3n) is 4.65. The third kappa shape index (κ3) is 4.53. The van der Waals surface area contributed by atoms with Crippen LogP contribution < -0.4 is 5.32 Å². The summed E-state index contributed by atoms with van der Waals surface area (Å²) in [5, 5.41) is 13.5.